The van der Waals surface area contributed by atoms with E-state index in [1.54, 1.807) is 12.1 Å². The molecule has 0 unspecified atom stereocenters. The largest absolute Gasteiger partial charge is 0.507 e. The summed E-state index contributed by atoms with van der Waals surface area (Å²) in [6, 6.07) is 9.15. The minimum Gasteiger partial charge on any atom is -0.507 e. The Bertz CT molecular complexity index is 751. The van der Waals surface area contributed by atoms with Crippen LogP contribution in [0.4, 0.5) is 0 Å². The van der Waals surface area contributed by atoms with Crippen molar-refractivity contribution in [3.05, 3.63) is 57.0 Å². The van der Waals surface area contributed by atoms with Crippen molar-refractivity contribution in [2.45, 2.75) is 0 Å². The molecule has 8 heteroatoms. The molecule has 0 bridgehead atoms. The maximum absolute atomic E-state index is 11.6. The lowest BCUT2D eigenvalue weighted by Gasteiger charge is -2.07. The fourth-order valence-corrected chi connectivity index (χ4v) is 2.21. The number of nitrogens with zero attached hydrogens (tertiary/aromatic N) is 1. The molecule has 23 heavy (non-hydrogen) atoms. The first-order chi connectivity index (χ1) is 11.0. The number of phenolic OH excluding ortho intramolecular Hbond substituents is 1. The Morgan fingerprint density at radius 3 is 2.61 bits per heavy atom. The molecule has 0 saturated carbocycles. The smallest absolute Gasteiger partial charge is 0.277 e. The fourth-order valence-electron chi connectivity index (χ4n) is 1.57. The Morgan fingerprint density at radius 1 is 1.17 bits per heavy atom. The summed E-state index contributed by atoms with van der Waals surface area (Å²) in [6.45, 7) is -0.278. The minimum absolute atomic E-state index is 0.00315. The molecule has 5 nitrogen and oxygen atoms in total. The molecule has 2 aromatic rings. The first-order valence-corrected chi connectivity index (χ1v) is 7.47. The molecular weight excluding hydrogens is 363 g/mol. The lowest BCUT2D eigenvalue weighted by atomic mass is 10.2. The van der Waals surface area contributed by atoms with E-state index in [4.69, 9.17) is 39.5 Å². The van der Waals surface area contributed by atoms with Gasteiger partial charge in [-0.2, -0.15) is 5.10 Å². The topological polar surface area (TPSA) is 70.9 Å². The van der Waals surface area contributed by atoms with Crippen LogP contribution in [0.1, 0.15) is 5.56 Å². The standard InChI is InChI=1S/C15H11Cl3N2O3/c16-10-1-3-13(21)9(5-10)7-19-20-15(22)8-23-14-4-2-11(17)6-12(14)18/h1-7,21H,8H2,(H,20,22)/b19-7-. The van der Waals surface area contributed by atoms with Crippen LogP contribution in [0.25, 0.3) is 0 Å². The second kappa shape index (κ2) is 8.06. The van der Waals surface area contributed by atoms with Crippen molar-refractivity contribution < 1.29 is 14.6 Å². The lowest BCUT2D eigenvalue weighted by Crippen LogP contribution is -2.24. The maximum atomic E-state index is 11.6. The number of ether oxygens (including phenoxy) is 1. The first kappa shape index (κ1) is 17.4. The van der Waals surface area contributed by atoms with Crippen molar-refractivity contribution in [2.75, 3.05) is 6.61 Å². The molecule has 2 aromatic carbocycles. The van der Waals surface area contributed by atoms with Gasteiger partial charge in [-0.3, -0.25) is 4.79 Å². The Balaban J connectivity index is 1.87. The third-order valence-corrected chi connectivity index (χ3v) is 3.40. The van der Waals surface area contributed by atoms with Crippen LogP contribution in [0, 0.1) is 0 Å². The van der Waals surface area contributed by atoms with Crippen LogP contribution in [0.3, 0.4) is 0 Å². The second-order valence-corrected chi connectivity index (χ2v) is 5.64. The summed E-state index contributed by atoms with van der Waals surface area (Å²) in [5.74, 6) is -0.159. The quantitative estimate of drug-likeness (QED) is 0.617. The zero-order chi connectivity index (χ0) is 16.8. The molecule has 2 N–H and O–H groups in total. The van der Waals surface area contributed by atoms with Crippen molar-refractivity contribution >= 4 is 46.9 Å². The molecule has 0 fully saturated rings. The number of phenols is 1. The zero-order valence-electron chi connectivity index (χ0n) is 11.6. The number of carbonyl (C=O) groups is 1. The molecule has 0 atom stereocenters. The number of aromatic hydroxyl groups is 1. The van der Waals surface area contributed by atoms with Crippen molar-refractivity contribution in [2.24, 2.45) is 5.10 Å². The predicted molar refractivity (Wildman–Crippen MR) is 90.8 cm³/mol. The third kappa shape index (κ3) is 5.32. The van der Waals surface area contributed by atoms with E-state index in [1.165, 1.54) is 30.5 Å². The lowest BCUT2D eigenvalue weighted by molar-refractivity contribution is -0.123. The number of hydrogen-bond acceptors (Lipinski definition) is 4. The van der Waals surface area contributed by atoms with Crippen LogP contribution in [-0.2, 0) is 4.79 Å². The summed E-state index contributed by atoms with van der Waals surface area (Å²) in [5.41, 5.74) is 2.64. The summed E-state index contributed by atoms with van der Waals surface area (Å²) in [4.78, 5) is 11.6. The number of carbonyl (C=O) groups excluding carboxylic acids is 1. The first-order valence-electron chi connectivity index (χ1n) is 6.34. The van der Waals surface area contributed by atoms with E-state index in [2.05, 4.69) is 10.5 Å². The van der Waals surface area contributed by atoms with E-state index >= 15 is 0 Å². The highest BCUT2D eigenvalue weighted by Gasteiger charge is 2.06. The maximum Gasteiger partial charge on any atom is 0.277 e. The second-order valence-electron chi connectivity index (χ2n) is 4.36. The third-order valence-electron chi connectivity index (χ3n) is 2.64. The van der Waals surface area contributed by atoms with Crippen LogP contribution < -0.4 is 10.2 Å². The number of benzene rings is 2. The Labute approximate surface area is 147 Å². The normalized spacial score (nSPS) is 10.7. The number of halogens is 3. The molecule has 0 aliphatic heterocycles. The Morgan fingerprint density at radius 2 is 1.87 bits per heavy atom. The number of rotatable bonds is 5. The monoisotopic (exact) mass is 372 g/mol. The molecule has 120 valence electrons. The average molecular weight is 374 g/mol. The zero-order valence-corrected chi connectivity index (χ0v) is 13.9. The Kier molecular flexibility index (Phi) is 6.10. The molecule has 0 aliphatic carbocycles. The van der Waals surface area contributed by atoms with E-state index in [-0.39, 0.29) is 12.4 Å². The summed E-state index contributed by atoms with van der Waals surface area (Å²) in [6.07, 6.45) is 1.27. The van der Waals surface area contributed by atoms with Gasteiger partial charge in [-0.25, -0.2) is 5.43 Å². The number of hydrogen-bond donors (Lipinski definition) is 2. The highest BCUT2D eigenvalue weighted by Crippen LogP contribution is 2.27. The number of hydrazone groups is 1. The van der Waals surface area contributed by atoms with Gasteiger partial charge in [0, 0.05) is 15.6 Å². The molecule has 0 saturated heterocycles. The van der Waals surface area contributed by atoms with Crippen LogP contribution >= 0.6 is 34.8 Å². The van der Waals surface area contributed by atoms with E-state index in [0.717, 1.165) is 0 Å². The van der Waals surface area contributed by atoms with Gasteiger partial charge >= 0.3 is 0 Å². The average Bonchev–Trinajstić information content (AvgIpc) is 2.50. The summed E-state index contributed by atoms with van der Waals surface area (Å²) in [7, 11) is 0. The highest BCUT2D eigenvalue weighted by molar-refractivity contribution is 6.35. The van der Waals surface area contributed by atoms with Crippen molar-refractivity contribution in [1.82, 2.24) is 5.43 Å². The predicted octanol–water partition coefficient (Wildman–Crippen LogP) is 3.88. The van der Waals surface area contributed by atoms with Gasteiger partial charge in [-0.1, -0.05) is 34.8 Å². The molecule has 0 aromatic heterocycles. The Hall–Kier alpha value is -1.95. The van der Waals surface area contributed by atoms with Crippen LogP contribution in [0.5, 0.6) is 11.5 Å². The van der Waals surface area contributed by atoms with Crippen LogP contribution in [-0.4, -0.2) is 23.8 Å². The van der Waals surface area contributed by atoms with Crippen molar-refractivity contribution in [1.29, 1.82) is 0 Å². The molecule has 0 heterocycles. The fraction of sp³-hybridized carbons (Fsp3) is 0.0667. The number of amides is 1. The molecule has 0 aliphatic rings. The van der Waals surface area contributed by atoms with Gasteiger partial charge in [0.2, 0.25) is 0 Å². The molecule has 1 amide bonds. The molecule has 2 rings (SSSR count). The van der Waals surface area contributed by atoms with Gasteiger partial charge in [-0.15, -0.1) is 0 Å². The summed E-state index contributed by atoms with van der Waals surface area (Å²) >= 11 is 17.5. The molecule has 0 radical (unpaired) electrons. The summed E-state index contributed by atoms with van der Waals surface area (Å²) < 4.78 is 5.25. The molecule has 0 spiro atoms. The minimum atomic E-state index is -0.492. The van der Waals surface area contributed by atoms with Gasteiger partial charge in [-0.05, 0) is 36.4 Å². The van der Waals surface area contributed by atoms with Crippen LogP contribution in [0.15, 0.2) is 41.5 Å². The number of nitrogens with one attached hydrogen (secondary N) is 1. The van der Waals surface area contributed by atoms with Crippen molar-refractivity contribution in [3.63, 3.8) is 0 Å². The van der Waals surface area contributed by atoms with E-state index in [1.807, 2.05) is 0 Å². The SMILES string of the molecule is O=C(COc1ccc(Cl)cc1Cl)N/N=C\c1cc(Cl)ccc1O. The van der Waals surface area contributed by atoms with Gasteiger partial charge in [0.05, 0.1) is 11.2 Å². The van der Waals surface area contributed by atoms with Gasteiger partial charge in [0.25, 0.3) is 5.91 Å². The van der Waals surface area contributed by atoms with Gasteiger partial charge in [0.15, 0.2) is 6.61 Å². The highest BCUT2D eigenvalue weighted by atomic mass is 35.5. The van der Waals surface area contributed by atoms with E-state index in [0.29, 0.717) is 26.4 Å². The van der Waals surface area contributed by atoms with Crippen LogP contribution in [0.2, 0.25) is 15.1 Å². The van der Waals surface area contributed by atoms with E-state index in [9.17, 15) is 9.90 Å². The van der Waals surface area contributed by atoms with Crippen molar-refractivity contribution in [3.8, 4) is 11.5 Å². The van der Waals surface area contributed by atoms with Gasteiger partial charge in [0.1, 0.15) is 11.5 Å². The summed E-state index contributed by atoms with van der Waals surface area (Å²) in [5, 5.41) is 14.5. The van der Waals surface area contributed by atoms with E-state index < -0.39 is 5.91 Å². The molecular formula is C15H11Cl3N2O3. The van der Waals surface area contributed by atoms with Gasteiger partial charge < -0.3 is 9.84 Å².